The molecule has 0 spiro atoms. The standard InChI is InChI=1S/C20H16I2N2O4/c1-11-3-4-12(2)17(5-11)24-20(27)14(9-23)6-13-7-15(21)19(16(22)8-13)28-10-18(25)26/h3-8H,10H2,1-2H3,(H,24,27)(H,25,26)/b14-6+. The highest BCUT2D eigenvalue weighted by Gasteiger charge is 2.14. The van der Waals surface area contributed by atoms with E-state index in [2.05, 4.69) is 5.32 Å². The fraction of sp³-hybridized carbons (Fsp3) is 0.150. The van der Waals surface area contributed by atoms with Crippen molar-refractivity contribution in [3.63, 3.8) is 0 Å². The van der Waals surface area contributed by atoms with Crippen LogP contribution in [-0.4, -0.2) is 23.6 Å². The zero-order chi connectivity index (χ0) is 20.8. The summed E-state index contributed by atoms with van der Waals surface area (Å²) in [6, 6.07) is 11.1. The molecule has 2 aromatic rings. The number of anilines is 1. The molecule has 0 saturated carbocycles. The van der Waals surface area contributed by atoms with Crippen molar-refractivity contribution >= 4 is 68.8 Å². The maximum Gasteiger partial charge on any atom is 0.341 e. The minimum Gasteiger partial charge on any atom is -0.480 e. The maximum absolute atomic E-state index is 12.5. The number of ether oxygens (including phenoxy) is 1. The van der Waals surface area contributed by atoms with Gasteiger partial charge in [-0.1, -0.05) is 12.1 Å². The Morgan fingerprint density at radius 1 is 1.21 bits per heavy atom. The number of aryl methyl sites for hydroxylation is 2. The zero-order valence-electron chi connectivity index (χ0n) is 15.0. The molecule has 2 N–H and O–H groups in total. The summed E-state index contributed by atoms with van der Waals surface area (Å²) in [5, 5.41) is 21.0. The number of carboxylic acids is 1. The summed E-state index contributed by atoms with van der Waals surface area (Å²) in [5.41, 5.74) is 3.17. The van der Waals surface area contributed by atoms with Gasteiger partial charge in [-0.2, -0.15) is 5.26 Å². The predicted molar refractivity (Wildman–Crippen MR) is 123 cm³/mol. The van der Waals surface area contributed by atoms with Crippen molar-refractivity contribution in [3.05, 3.63) is 59.7 Å². The number of carboxylic acid groups (broad SMARTS) is 1. The molecule has 0 unspecified atom stereocenters. The van der Waals surface area contributed by atoms with Crippen LogP contribution >= 0.6 is 45.2 Å². The number of nitriles is 1. The van der Waals surface area contributed by atoms with Crippen LogP contribution in [0.2, 0.25) is 0 Å². The monoisotopic (exact) mass is 602 g/mol. The smallest absolute Gasteiger partial charge is 0.341 e. The Bertz CT molecular complexity index is 987. The summed E-state index contributed by atoms with van der Waals surface area (Å²) in [5.74, 6) is -1.10. The number of benzene rings is 2. The van der Waals surface area contributed by atoms with E-state index in [4.69, 9.17) is 9.84 Å². The Morgan fingerprint density at radius 2 is 1.86 bits per heavy atom. The fourth-order valence-corrected chi connectivity index (χ4v) is 4.44. The van der Waals surface area contributed by atoms with Crippen LogP contribution in [-0.2, 0) is 9.59 Å². The van der Waals surface area contributed by atoms with Crippen LogP contribution in [0.3, 0.4) is 0 Å². The van der Waals surface area contributed by atoms with Crippen molar-refractivity contribution in [1.29, 1.82) is 5.26 Å². The number of nitrogens with zero attached hydrogens (tertiary/aromatic N) is 1. The maximum atomic E-state index is 12.5. The molecule has 0 aliphatic carbocycles. The van der Waals surface area contributed by atoms with Gasteiger partial charge in [0, 0.05) is 5.69 Å². The van der Waals surface area contributed by atoms with Gasteiger partial charge in [0.25, 0.3) is 5.91 Å². The van der Waals surface area contributed by atoms with Gasteiger partial charge in [-0.25, -0.2) is 4.79 Å². The quantitative estimate of drug-likeness (QED) is 0.288. The van der Waals surface area contributed by atoms with Gasteiger partial charge in [-0.05, 0) is 100.0 Å². The van der Waals surface area contributed by atoms with Gasteiger partial charge in [0.2, 0.25) is 0 Å². The summed E-state index contributed by atoms with van der Waals surface area (Å²) >= 11 is 4.05. The second kappa shape index (κ2) is 9.88. The van der Waals surface area contributed by atoms with E-state index in [1.807, 2.05) is 83.3 Å². The van der Waals surface area contributed by atoms with Gasteiger partial charge in [0.15, 0.2) is 6.61 Å². The van der Waals surface area contributed by atoms with Gasteiger partial charge < -0.3 is 15.2 Å². The average Bonchev–Trinajstić information content (AvgIpc) is 2.61. The molecule has 0 heterocycles. The van der Waals surface area contributed by atoms with Crippen LogP contribution < -0.4 is 10.1 Å². The summed E-state index contributed by atoms with van der Waals surface area (Å²) in [6.45, 7) is 3.36. The Hall–Kier alpha value is -2.13. The lowest BCUT2D eigenvalue weighted by atomic mass is 10.1. The van der Waals surface area contributed by atoms with Crippen LogP contribution in [0, 0.1) is 32.3 Å². The second-order valence-electron chi connectivity index (χ2n) is 5.94. The van der Waals surface area contributed by atoms with E-state index in [-0.39, 0.29) is 5.57 Å². The predicted octanol–water partition coefficient (Wildman–Crippen LogP) is 4.52. The zero-order valence-corrected chi connectivity index (χ0v) is 19.4. The Kier molecular flexibility index (Phi) is 7.82. The van der Waals surface area contributed by atoms with Crippen molar-refractivity contribution in [2.75, 3.05) is 11.9 Å². The molecule has 8 heteroatoms. The first kappa shape index (κ1) is 22.2. The highest BCUT2D eigenvalue weighted by atomic mass is 127. The minimum absolute atomic E-state index is 0.0355. The van der Waals surface area contributed by atoms with E-state index < -0.39 is 18.5 Å². The molecule has 0 aromatic heterocycles. The number of hydrogen-bond donors (Lipinski definition) is 2. The van der Waals surface area contributed by atoms with E-state index >= 15 is 0 Å². The number of hydrogen-bond acceptors (Lipinski definition) is 4. The molecule has 144 valence electrons. The van der Waals surface area contributed by atoms with Gasteiger partial charge in [0.1, 0.15) is 17.4 Å². The molecule has 0 radical (unpaired) electrons. The van der Waals surface area contributed by atoms with Crippen LogP contribution in [0.4, 0.5) is 5.69 Å². The van der Waals surface area contributed by atoms with Crippen molar-refractivity contribution in [3.8, 4) is 11.8 Å². The van der Waals surface area contributed by atoms with E-state index in [0.717, 1.165) is 11.1 Å². The lowest BCUT2D eigenvalue weighted by Gasteiger charge is -2.11. The van der Waals surface area contributed by atoms with Crippen LogP contribution in [0.5, 0.6) is 5.75 Å². The Morgan fingerprint density at radius 3 is 2.43 bits per heavy atom. The summed E-state index contributed by atoms with van der Waals surface area (Å²) in [4.78, 5) is 23.2. The molecule has 0 atom stereocenters. The topological polar surface area (TPSA) is 99.4 Å². The average molecular weight is 602 g/mol. The van der Waals surface area contributed by atoms with E-state index in [9.17, 15) is 14.9 Å². The fourth-order valence-electron chi connectivity index (χ4n) is 2.31. The van der Waals surface area contributed by atoms with Crippen LogP contribution in [0.25, 0.3) is 6.08 Å². The van der Waals surface area contributed by atoms with Gasteiger partial charge in [-0.15, -0.1) is 0 Å². The lowest BCUT2D eigenvalue weighted by molar-refractivity contribution is -0.139. The highest BCUT2D eigenvalue weighted by Crippen LogP contribution is 2.30. The molecule has 6 nitrogen and oxygen atoms in total. The van der Waals surface area contributed by atoms with Gasteiger partial charge in [-0.3, -0.25) is 4.79 Å². The molecule has 0 saturated heterocycles. The molecular weight excluding hydrogens is 586 g/mol. The number of carbonyl (C=O) groups excluding carboxylic acids is 1. The molecule has 0 fully saturated rings. The normalized spacial score (nSPS) is 10.9. The highest BCUT2D eigenvalue weighted by molar-refractivity contribution is 14.1. The number of carbonyl (C=O) groups is 2. The van der Waals surface area contributed by atoms with Gasteiger partial charge in [0.05, 0.1) is 7.14 Å². The van der Waals surface area contributed by atoms with Crippen molar-refractivity contribution in [2.45, 2.75) is 13.8 Å². The van der Waals surface area contributed by atoms with E-state index in [1.165, 1.54) is 6.08 Å². The molecule has 0 aliphatic heterocycles. The molecule has 2 rings (SSSR count). The van der Waals surface area contributed by atoms with Crippen LogP contribution in [0.15, 0.2) is 35.9 Å². The minimum atomic E-state index is -1.06. The second-order valence-corrected chi connectivity index (χ2v) is 8.26. The third-order valence-electron chi connectivity index (χ3n) is 3.68. The number of rotatable bonds is 6. The lowest BCUT2D eigenvalue weighted by Crippen LogP contribution is -2.14. The van der Waals surface area contributed by atoms with Crippen molar-refractivity contribution in [1.82, 2.24) is 0 Å². The molecule has 0 bridgehead atoms. The first-order valence-corrected chi connectivity index (χ1v) is 10.2. The molecule has 2 aromatic carbocycles. The van der Waals surface area contributed by atoms with Crippen molar-refractivity contribution in [2.24, 2.45) is 0 Å². The van der Waals surface area contributed by atoms with Gasteiger partial charge >= 0.3 is 5.97 Å². The van der Waals surface area contributed by atoms with Crippen molar-refractivity contribution < 1.29 is 19.4 Å². The number of amides is 1. The third-order valence-corrected chi connectivity index (χ3v) is 5.28. The van der Waals surface area contributed by atoms with E-state index in [0.29, 0.717) is 24.1 Å². The Balaban J connectivity index is 2.28. The Labute approximate surface area is 189 Å². The molecule has 1 amide bonds. The first-order valence-electron chi connectivity index (χ1n) is 8.05. The number of halogens is 2. The molecular formula is C20H16I2N2O4. The summed E-state index contributed by atoms with van der Waals surface area (Å²) in [6.07, 6.45) is 1.49. The number of aliphatic carboxylic acids is 1. The summed E-state index contributed by atoms with van der Waals surface area (Å²) < 4.78 is 6.66. The molecule has 28 heavy (non-hydrogen) atoms. The largest absolute Gasteiger partial charge is 0.480 e. The molecule has 0 aliphatic rings. The van der Waals surface area contributed by atoms with Crippen LogP contribution in [0.1, 0.15) is 16.7 Å². The first-order chi connectivity index (χ1) is 13.2. The summed E-state index contributed by atoms with van der Waals surface area (Å²) in [7, 11) is 0. The third kappa shape index (κ3) is 5.93. The van der Waals surface area contributed by atoms with E-state index in [1.54, 1.807) is 12.1 Å². The SMILES string of the molecule is Cc1ccc(C)c(NC(=O)/C(C#N)=C/c2cc(I)c(OCC(=O)O)c(I)c2)c1. The number of nitrogens with one attached hydrogen (secondary N) is 1.